The molecule has 0 atom stereocenters. The molecule has 0 spiro atoms. The number of pyridine rings is 1. The monoisotopic (exact) mass is 546 g/mol. The first-order valence-corrected chi connectivity index (χ1v) is 12.9. The Kier molecular flexibility index (Phi) is 7.33. The van der Waals surface area contributed by atoms with Crippen LogP contribution in [0.5, 0.6) is 5.75 Å². The highest BCUT2D eigenvalue weighted by Crippen LogP contribution is 2.36. The molecule has 1 saturated heterocycles. The number of carbonyl (C=O) groups is 1. The Labute approximate surface area is 218 Å². The number of hydrogen-bond acceptors (Lipinski definition) is 9. The average Bonchev–Trinajstić information content (AvgIpc) is 3.44. The molecule has 2 aromatic heterocycles. The van der Waals surface area contributed by atoms with Crippen LogP contribution in [-0.2, 0) is 11.0 Å². The number of amides is 1. The molecule has 3 heterocycles. The van der Waals surface area contributed by atoms with Crippen molar-refractivity contribution in [2.75, 3.05) is 42.4 Å². The zero-order valence-electron chi connectivity index (χ0n) is 19.3. The number of ether oxygens (including phenoxy) is 1. The van der Waals surface area contributed by atoms with Gasteiger partial charge < -0.3 is 19.3 Å². The number of anilines is 2. The minimum absolute atomic E-state index is 0.196. The minimum Gasteiger partial charge on any atom is -0.483 e. The van der Waals surface area contributed by atoms with Crippen LogP contribution in [0.1, 0.15) is 5.56 Å². The minimum atomic E-state index is -4.53. The predicted octanol–water partition coefficient (Wildman–Crippen LogP) is 4.95. The molecule has 4 aromatic rings. The van der Waals surface area contributed by atoms with Crippen LogP contribution in [0.3, 0.4) is 0 Å². The molecule has 37 heavy (non-hydrogen) atoms. The van der Waals surface area contributed by atoms with Crippen molar-refractivity contribution in [2.45, 2.75) is 11.1 Å². The third kappa shape index (κ3) is 5.88. The lowest BCUT2D eigenvalue weighted by Gasteiger charge is -2.36. The van der Waals surface area contributed by atoms with Gasteiger partial charge >= 0.3 is 6.18 Å². The first-order valence-electron chi connectivity index (χ1n) is 11.3. The van der Waals surface area contributed by atoms with Gasteiger partial charge in [-0.05, 0) is 54.4 Å². The van der Waals surface area contributed by atoms with E-state index in [0.29, 0.717) is 26.2 Å². The van der Waals surface area contributed by atoms with Crippen LogP contribution in [-0.4, -0.2) is 57.9 Å². The van der Waals surface area contributed by atoms with Crippen molar-refractivity contribution in [3.8, 4) is 5.75 Å². The van der Waals surface area contributed by atoms with Crippen LogP contribution in [0, 0.1) is 0 Å². The van der Waals surface area contributed by atoms with E-state index in [1.165, 1.54) is 54.2 Å². The van der Waals surface area contributed by atoms with Gasteiger partial charge in [-0.1, -0.05) is 6.07 Å². The first-order chi connectivity index (χ1) is 17.9. The molecule has 0 unspecified atom stereocenters. The number of nitrogens with zero attached hydrogens (tertiary/aromatic N) is 5. The molecular weight excluding hydrogens is 525 g/mol. The summed E-state index contributed by atoms with van der Waals surface area (Å²) in [7, 11) is 0. The second-order valence-corrected chi connectivity index (χ2v) is 9.77. The van der Waals surface area contributed by atoms with Gasteiger partial charge in [0.2, 0.25) is 5.13 Å². The van der Waals surface area contributed by atoms with Gasteiger partial charge in [-0.2, -0.15) is 17.5 Å². The quantitative estimate of drug-likeness (QED) is 0.326. The molecule has 0 bridgehead atoms. The summed E-state index contributed by atoms with van der Waals surface area (Å²) < 4.78 is 52.7. The third-order valence-corrected chi connectivity index (χ3v) is 7.35. The van der Waals surface area contributed by atoms with E-state index in [1.54, 1.807) is 4.90 Å². The average molecular weight is 547 g/mol. The van der Waals surface area contributed by atoms with Gasteiger partial charge in [0.05, 0.1) is 11.1 Å². The lowest BCUT2D eigenvalue weighted by Crippen LogP contribution is -2.50. The molecule has 5 rings (SSSR count). The van der Waals surface area contributed by atoms with E-state index in [0.717, 1.165) is 21.8 Å². The summed E-state index contributed by atoms with van der Waals surface area (Å²) >= 11 is 2.75. The summed E-state index contributed by atoms with van der Waals surface area (Å²) in [5, 5.41) is 0.956. The summed E-state index contributed by atoms with van der Waals surface area (Å²) in [4.78, 5) is 25.7. The molecule has 1 aliphatic rings. The first kappa shape index (κ1) is 25.1. The highest BCUT2D eigenvalue weighted by molar-refractivity contribution is 8.00. The van der Waals surface area contributed by atoms with Crippen molar-refractivity contribution < 1.29 is 22.7 Å². The molecule has 0 aliphatic carbocycles. The number of benzene rings is 2. The second-order valence-electron chi connectivity index (χ2n) is 8.11. The van der Waals surface area contributed by atoms with Gasteiger partial charge in [-0.3, -0.25) is 9.78 Å². The number of carbonyl (C=O) groups excluding carboxylic acids is 1. The van der Waals surface area contributed by atoms with Gasteiger partial charge in [0.25, 0.3) is 5.91 Å². The number of aromatic nitrogens is 3. The highest BCUT2D eigenvalue weighted by atomic mass is 32.2. The Hall–Kier alpha value is -3.58. The Balaban J connectivity index is 1.14. The smallest absolute Gasteiger partial charge is 0.418 e. The molecular formula is C24H21F3N6O2S2. The molecule has 8 nitrogen and oxygen atoms in total. The van der Waals surface area contributed by atoms with E-state index in [1.807, 2.05) is 24.3 Å². The van der Waals surface area contributed by atoms with Crippen LogP contribution in [0.4, 0.5) is 24.0 Å². The van der Waals surface area contributed by atoms with Crippen molar-refractivity contribution in [3.63, 3.8) is 0 Å². The summed E-state index contributed by atoms with van der Waals surface area (Å²) in [6.45, 7) is 2.10. The normalized spacial score (nSPS) is 14.1. The van der Waals surface area contributed by atoms with Crippen LogP contribution in [0.2, 0.25) is 0 Å². The number of halogens is 3. The maximum atomic E-state index is 13.3. The Morgan fingerprint density at radius 2 is 1.84 bits per heavy atom. The standard InChI is InChI=1S/C24H21F3N6O2S2/c25-24(26,27)19-3-1-2-18-20(8-9-28-22(18)19)35-14-21(34)33-12-10-32(11-13-33)16-4-6-17(7-5-16)36-31-23-29-15-30-37-23/h1-9,15H,10-14H2,(H,29,30,31). The Bertz CT molecular complexity index is 1360. The lowest BCUT2D eigenvalue weighted by molar-refractivity contribution is -0.136. The predicted molar refractivity (Wildman–Crippen MR) is 137 cm³/mol. The zero-order valence-corrected chi connectivity index (χ0v) is 20.9. The molecule has 0 saturated carbocycles. The van der Waals surface area contributed by atoms with E-state index in [9.17, 15) is 18.0 Å². The molecule has 1 amide bonds. The zero-order chi connectivity index (χ0) is 25.8. The molecule has 1 N–H and O–H groups in total. The third-order valence-electron chi connectivity index (χ3n) is 5.84. The van der Waals surface area contributed by atoms with Crippen LogP contribution >= 0.6 is 23.5 Å². The molecule has 0 radical (unpaired) electrons. The van der Waals surface area contributed by atoms with Crippen molar-refractivity contribution in [1.29, 1.82) is 0 Å². The maximum absolute atomic E-state index is 13.3. The maximum Gasteiger partial charge on any atom is 0.418 e. The van der Waals surface area contributed by atoms with Crippen molar-refractivity contribution in [1.82, 2.24) is 19.2 Å². The number of para-hydroxylation sites is 1. The summed E-state index contributed by atoms with van der Waals surface area (Å²) in [5.41, 5.74) is 0.0268. The van der Waals surface area contributed by atoms with Crippen molar-refractivity contribution >= 4 is 51.1 Å². The van der Waals surface area contributed by atoms with Crippen LogP contribution < -0.4 is 14.4 Å². The summed E-state index contributed by atoms with van der Waals surface area (Å²) in [6.07, 6.45) is -1.77. The highest BCUT2D eigenvalue weighted by Gasteiger charge is 2.33. The Morgan fingerprint density at radius 3 is 2.54 bits per heavy atom. The van der Waals surface area contributed by atoms with E-state index >= 15 is 0 Å². The molecule has 2 aromatic carbocycles. The molecule has 1 aliphatic heterocycles. The molecule has 1 fully saturated rings. The van der Waals surface area contributed by atoms with Gasteiger partial charge in [-0.15, -0.1) is 0 Å². The number of hydrogen-bond donors (Lipinski definition) is 1. The van der Waals surface area contributed by atoms with Gasteiger partial charge in [0, 0.05) is 59.9 Å². The number of fused-ring (bicyclic) bond motifs is 1. The van der Waals surface area contributed by atoms with Gasteiger partial charge in [0.1, 0.15) is 12.1 Å². The Morgan fingerprint density at radius 1 is 1.05 bits per heavy atom. The number of rotatable bonds is 7. The van der Waals surface area contributed by atoms with Gasteiger partial charge in [-0.25, -0.2) is 4.98 Å². The number of piperazine rings is 1. The summed E-state index contributed by atoms with van der Waals surface area (Å²) in [6, 6.07) is 13.4. The van der Waals surface area contributed by atoms with Crippen LogP contribution in [0.25, 0.3) is 10.9 Å². The molecule has 192 valence electrons. The van der Waals surface area contributed by atoms with E-state index in [4.69, 9.17) is 4.74 Å². The van der Waals surface area contributed by atoms with Crippen molar-refractivity contribution in [2.24, 2.45) is 0 Å². The fraction of sp³-hybridized carbons (Fsp3) is 0.250. The number of alkyl halides is 3. The summed E-state index contributed by atoms with van der Waals surface area (Å²) in [5.74, 6) is -0.0206. The van der Waals surface area contributed by atoms with Crippen LogP contribution in [0.15, 0.2) is 66.0 Å². The van der Waals surface area contributed by atoms with E-state index in [-0.39, 0.29) is 29.2 Å². The SMILES string of the molecule is O=C(COc1ccnc2c(C(F)(F)F)cccc12)N1CCN(c2ccc(SNc3ncns3)cc2)CC1. The lowest BCUT2D eigenvalue weighted by atomic mass is 10.1. The topological polar surface area (TPSA) is 83.5 Å². The van der Waals surface area contributed by atoms with Gasteiger partial charge in [0.15, 0.2) is 6.61 Å². The fourth-order valence-corrected chi connectivity index (χ4v) is 5.09. The number of nitrogens with one attached hydrogen (secondary N) is 1. The van der Waals surface area contributed by atoms with E-state index < -0.39 is 11.7 Å². The fourth-order valence-electron chi connectivity index (χ4n) is 4.00. The second kappa shape index (κ2) is 10.8. The van der Waals surface area contributed by atoms with E-state index in [2.05, 4.69) is 24.0 Å². The largest absolute Gasteiger partial charge is 0.483 e. The molecule has 13 heteroatoms. The van der Waals surface area contributed by atoms with Crippen molar-refractivity contribution in [3.05, 3.63) is 66.6 Å².